The van der Waals surface area contributed by atoms with Crippen LogP contribution in [0.5, 0.6) is 0 Å². The normalized spacial score (nSPS) is 18.8. The molecule has 0 saturated carbocycles. The maximum absolute atomic E-state index is 4.71. The third kappa shape index (κ3) is 4.10. The quantitative estimate of drug-likeness (QED) is 0.521. The van der Waals surface area contributed by atoms with Crippen LogP contribution in [0.15, 0.2) is 104 Å². The second kappa shape index (κ2) is 9.09. The van der Waals surface area contributed by atoms with Gasteiger partial charge in [-0.05, 0) is 30.2 Å². The standard InChI is InChI=1S/C25H25N5/c1-3-5-17-21(18-6-4-2)30-28-24-25(29-30)27-23(20-15-11-8-12-16-20)22(26-24)19-13-9-7-10-14-19/h3-18,22-23H,1H2,2H3,(H,26,28)(H,27,29)/b6-4-,17-5-,21-18+. The Morgan fingerprint density at radius 2 is 1.40 bits per heavy atom. The Morgan fingerprint density at radius 3 is 1.87 bits per heavy atom. The Balaban J connectivity index is 1.74. The number of nitrogens with one attached hydrogen (secondary N) is 2. The molecule has 150 valence electrons. The van der Waals surface area contributed by atoms with Crippen LogP contribution in [-0.2, 0) is 0 Å². The first-order chi connectivity index (χ1) is 14.8. The van der Waals surface area contributed by atoms with Crippen molar-refractivity contribution in [3.05, 3.63) is 115 Å². The molecule has 4 rings (SSSR count). The lowest BCUT2D eigenvalue weighted by molar-refractivity contribution is 0.631. The van der Waals surface area contributed by atoms with Gasteiger partial charge in [0.2, 0.25) is 0 Å². The molecule has 0 saturated heterocycles. The van der Waals surface area contributed by atoms with E-state index in [1.807, 2.05) is 49.4 Å². The fraction of sp³-hybridized carbons (Fsp3) is 0.120. The Hall–Kier alpha value is -3.86. The van der Waals surface area contributed by atoms with Crippen molar-refractivity contribution >= 4 is 17.3 Å². The number of nitrogens with zero attached hydrogens (tertiary/aromatic N) is 3. The largest absolute Gasteiger partial charge is 0.356 e. The summed E-state index contributed by atoms with van der Waals surface area (Å²) in [6.07, 6.45) is 11.4. The average molecular weight is 396 g/mol. The van der Waals surface area contributed by atoms with Crippen molar-refractivity contribution in [3.8, 4) is 0 Å². The van der Waals surface area contributed by atoms with Gasteiger partial charge < -0.3 is 10.6 Å². The molecule has 0 spiro atoms. The van der Waals surface area contributed by atoms with Crippen LogP contribution < -0.4 is 10.6 Å². The molecule has 30 heavy (non-hydrogen) atoms. The number of fused-ring (bicyclic) bond motifs is 1. The summed E-state index contributed by atoms with van der Waals surface area (Å²) in [6, 6.07) is 20.9. The minimum absolute atomic E-state index is 0.0259. The van der Waals surface area contributed by atoms with Crippen LogP contribution in [0.25, 0.3) is 5.70 Å². The van der Waals surface area contributed by atoms with Crippen molar-refractivity contribution in [2.75, 3.05) is 10.6 Å². The highest BCUT2D eigenvalue weighted by Gasteiger charge is 2.33. The van der Waals surface area contributed by atoms with Gasteiger partial charge in [0, 0.05) is 0 Å². The molecular weight excluding hydrogens is 370 g/mol. The summed E-state index contributed by atoms with van der Waals surface area (Å²) in [6.45, 7) is 5.73. The van der Waals surface area contributed by atoms with Crippen molar-refractivity contribution in [3.63, 3.8) is 0 Å². The van der Waals surface area contributed by atoms with E-state index in [9.17, 15) is 0 Å². The maximum atomic E-state index is 4.71. The van der Waals surface area contributed by atoms with Crippen LogP contribution in [0, 0.1) is 0 Å². The zero-order chi connectivity index (χ0) is 20.8. The van der Waals surface area contributed by atoms with Gasteiger partial charge in [0.05, 0.1) is 17.8 Å². The second-order valence-corrected chi connectivity index (χ2v) is 6.96. The summed E-state index contributed by atoms with van der Waals surface area (Å²) < 4.78 is 0. The predicted octanol–water partition coefficient (Wildman–Crippen LogP) is 5.76. The van der Waals surface area contributed by atoms with E-state index < -0.39 is 0 Å². The van der Waals surface area contributed by atoms with Gasteiger partial charge in [-0.3, -0.25) is 0 Å². The van der Waals surface area contributed by atoms with E-state index in [4.69, 9.17) is 10.2 Å². The van der Waals surface area contributed by atoms with Crippen molar-refractivity contribution in [2.24, 2.45) is 0 Å². The number of rotatable bonds is 6. The van der Waals surface area contributed by atoms with Gasteiger partial charge in [-0.1, -0.05) is 91.5 Å². The van der Waals surface area contributed by atoms with Gasteiger partial charge >= 0.3 is 0 Å². The lowest BCUT2D eigenvalue weighted by atomic mass is 9.92. The molecule has 1 aliphatic heterocycles. The summed E-state index contributed by atoms with van der Waals surface area (Å²) in [5.41, 5.74) is 3.23. The molecule has 2 aromatic carbocycles. The molecule has 2 atom stereocenters. The Morgan fingerprint density at radius 1 is 0.867 bits per heavy atom. The number of benzene rings is 2. The van der Waals surface area contributed by atoms with Crippen LogP contribution in [0.3, 0.4) is 0 Å². The highest BCUT2D eigenvalue weighted by Crippen LogP contribution is 2.40. The van der Waals surface area contributed by atoms with Crippen LogP contribution in [0.4, 0.5) is 11.6 Å². The SMILES string of the molecule is C=C\C=C/C(=C\C=C/C)n1nc2c(n1)NC(c1ccccc1)C(c1ccccc1)N2. The Kier molecular flexibility index (Phi) is 5.90. The minimum atomic E-state index is 0.0259. The molecule has 1 aliphatic rings. The van der Waals surface area contributed by atoms with Crippen molar-refractivity contribution < 1.29 is 0 Å². The van der Waals surface area contributed by atoms with Gasteiger partial charge in [0.1, 0.15) is 0 Å². The van der Waals surface area contributed by atoms with Gasteiger partial charge in [0.15, 0.2) is 11.6 Å². The smallest absolute Gasteiger partial charge is 0.193 e. The van der Waals surface area contributed by atoms with Gasteiger partial charge in [-0.2, -0.15) is 0 Å². The van der Waals surface area contributed by atoms with Crippen LogP contribution in [-0.4, -0.2) is 15.0 Å². The van der Waals surface area contributed by atoms with E-state index in [1.54, 1.807) is 10.9 Å². The van der Waals surface area contributed by atoms with E-state index in [2.05, 4.69) is 65.7 Å². The van der Waals surface area contributed by atoms with Gasteiger partial charge in [0.25, 0.3) is 0 Å². The number of hydrogen-bond donors (Lipinski definition) is 2. The fourth-order valence-electron chi connectivity index (χ4n) is 3.50. The number of allylic oxidation sites excluding steroid dienone is 7. The van der Waals surface area contributed by atoms with Crippen LogP contribution in [0.1, 0.15) is 30.1 Å². The van der Waals surface area contributed by atoms with Crippen LogP contribution in [0.2, 0.25) is 0 Å². The van der Waals surface area contributed by atoms with Crippen molar-refractivity contribution in [2.45, 2.75) is 19.0 Å². The molecule has 0 radical (unpaired) electrons. The number of hydrogen-bond acceptors (Lipinski definition) is 4. The summed E-state index contributed by atoms with van der Waals surface area (Å²) in [7, 11) is 0. The third-order valence-corrected chi connectivity index (χ3v) is 4.94. The van der Waals surface area contributed by atoms with Crippen molar-refractivity contribution in [1.29, 1.82) is 0 Å². The van der Waals surface area contributed by atoms with Crippen molar-refractivity contribution in [1.82, 2.24) is 15.0 Å². The molecule has 5 heteroatoms. The Bertz CT molecular complexity index is 1010. The van der Waals surface area contributed by atoms with E-state index in [0.717, 1.165) is 17.3 Å². The minimum Gasteiger partial charge on any atom is -0.356 e. The number of aromatic nitrogens is 3. The van der Waals surface area contributed by atoms with Gasteiger partial charge in [-0.15, -0.1) is 15.0 Å². The molecule has 2 N–H and O–H groups in total. The van der Waals surface area contributed by atoms with E-state index in [-0.39, 0.29) is 12.1 Å². The topological polar surface area (TPSA) is 54.8 Å². The van der Waals surface area contributed by atoms with E-state index in [1.165, 1.54) is 11.1 Å². The predicted molar refractivity (Wildman–Crippen MR) is 124 cm³/mol. The van der Waals surface area contributed by atoms with E-state index in [0.29, 0.717) is 0 Å². The molecule has 0 aliphatic carbocycles. The van der Waals surface area contributed by atoms with Crippen LogP contribution >= 0.6 is 0 Å². The molecule has 5 nitrogen and oxygen atoms in total. The molecule has 0 amide bonds. The maximum Gasteiger partial charge on any atom is 0.193 e. The molecule has 0 bridgehead atoms. The third-order valence-electron chi connectivity index (χ3n) is 4.94. The zero-order valence-corrected chi connectivity index (χ0v) is 16.9. The van der Waals surface area contributed by atoms with Gasteiger partial charge in [-0.25, -0.2) is 0 Å². The summed E-state index contributed by atoms with van der Waals surface area (Å²) in [5.74, 6) is 1.46. The lowest BCUT2D eigenvalue weighted by Gasteiger charge is -2.33. The molecule has 2 heterocycles. The Labute approximate surface area is 177 Å². The first kappa shape index (κ1) is 19.5. The lowest BCUT2D eigenvalue weighted by Crippen LogP contribution is -2.30. The number of anilines is 2. The summed E-state index contributed by atoms with van der Waals surface area (Å²) in [4.78, 5) is 1.64. The molecule has 1 aromatic heterocycles. The molecule has 2 unspecified atom stereocenters. The highest BCUT2D eigenvalue weighted by atomic mass is 15.5. The summed E-state index contributed by atoms with van der Waals surface area (Å²) in [5, 5.41) is 16.6. The fourth-order valence-corrected chi connectivity index (χ4v) is 3.50. The first-order valence-corrected chi connectivity index (χ1v) is 10.0. The zero-order valence-electron chi connectivity index (χ0n) is 16.9. The molecular formula is C25H25N5. The summed E-state index contributed by atoms with van der Waals surface area (Å²) >= 11 is 0. The molecule has 0 fully saturated rings. The second-order valence-electron chi connectivity index (χ2n) is 6.96. The highest BCUT2D eigenvalue weighted by molar-refractivity contribution is 5.67. The average Bonchev–Trinajstić information content (AvgIpc) is 3.22. The monoisotopic (exact) mass is 395 g/mol. The van der Waals surface area contributed by atoms with E-state index >= 15 is 0 Å². The first-order valence-electron chi connectivity index (χ1n) is 10.0. The molecule has 3 aromatic rings.